The maximum absolute atomic E-state index is 5.89. The van der Waals surface area contributed by atoms with Crippen LogP contribution in [0.3, 0.4) is 0 Å². The Balaban J connectivity index is 2.10. The fraction of sp³-hybridized carbons (Fsp3) is 0.500. The molecule has 0 spiro atoms. The van der Waals surface area contributed by atoms with Crippen molar-refractivity contribution in [3.8, 4) is 0 Å². The Morgan fingerprint density at radius 2 is 2.00 bits per heavy atom. The van der Waals surface area contributed by atoms with Gasteiger partial charge in [0.15, 0.2) is 0 Å². The van der Waals surface area contributed by atoms with Crippen LogP contribution >= 0.6 is 0 Å². The van der Waals surface area contributed by atoms with E-state index in [9.17, 15) is 0 Å². The van der Waals surface area contributed by atoms with Crippen molar-refractivity contribution in [2.24, 2.45) is 0 Å². The van der Waals surface area contributed by atoms with Crippen LogP contribution in [0.4, 0.5) is 0 Å². The highest BCUT2D eigenvalue weighted by Crippen LogP contribution is 2.24. The van der Waals surface area contributed by atoms with Crippen molar-refractivity contribution in [1.29, 1.82) is 0 Å². The third-order valence-electron chi connectivity index (χ3n) is 3.49. The molecule has 0 aliphatic heterocycles. The van der Waals surface area contributed by atoms with Crippen molar-refractivity contribution in [2.45, 2.75) is 52.1 Å². The van der Waals surface area contributed by atoms with E-state index in [0.717, 1.165) is 11.3 Å². The van der Waals surface area contributed by atoms with Crippen LogP contribution < -0.4 is 5.32 Å². The van der Waals surface area contributed by atoms with E-state index in [1.54, 1.807) is 0 Å². The molecule has 2 aromatic rings. The van der Waals surface area contributed by atoms with Gasteiger partial charge in [0.25, 0.3) is 0 Å². The molecule has 2 unspecified atom stereocenters. The minimum Gasteiger partial charge on any atom is -0.459 e. The van der Waals surface area contributed by atoms with E-state index in [1.165, 1.54) is 24.6 Å². The third kappa shape index (κ3) is 2.94. The fourth-order valence-corrected chi connectivity index (χ4v) is 2.41. The predicted octanol–water partition coefficient (Wildman–Crippen LogP) is 4.66. The summed E-state index contributed by atoms with van der Waals surface area (Å²) in [5.41, 5.74) is 0.977. The van der Waals surface area contributed by atoms with Crippen LogP contribution in [0, 0.1) is 0 Å². The van der Waals surface area contributed by atoms with Crippen LogP contribution in [0.5, 0.6) is 0 Å². The normalized spacial score (nSPS) is 14.8. The highest BCUT2D eigenvalue weighted by atomic mass is 16.3. The third-order valence-corrected chi connectivity index (χ3v) is 3.49. The molecule has 0 radical (unpaired) electrons. The second-order valence-electron chi connectivity index (χ2n) is 4.97. The van der Waals surface area contributed by atoms with Crippen molar-refractivity contribution < 1.29 is 4.42 Å². The van der Waals surface area contributed by atoms with Crippen LogP contribution in [0.15, 0.2) is 34.7 Å². The van der Waals surface area contributed by atoms with Gasteiger partial charge in [0.1, 0.15) is 11.3 Å². The van der Waals surface area contributed by atoms with Gasteiger partial charge in [-0.25, -0.2) is 0 Å². The molecular formula is C16H23NO. The summed E-state index contributed by atoms with van der Waals surface area (Å²) in [7, 11) is 0. The summed E-state index contributed by atoms with van der Waals surface area (Å²) in [5, 5.41) is 4.84. The van der Waals surface area contributed by atoms with Gasteiger partial charge < -0.3 is 9.73 Å². The molecule has 1 heterocycles. The SMILES string of the molecule is CCCC(CC)NC(C)c1cc2ccccc2o1. The minimum atomic E-state index is 0.272. The van der Waals surface area contributed by atoms with Gasteiger partial charge in [-0.05, 0) is 31.9 Å². The van der Waals surface area contributed by atoms with Gasteiger partial charge in [-0.15, -0.1) is 0 Å². The van der Waals surface area contributed by atoms with Crippen LogP contribution in [-0.4, -0.2) is 6.04 Å². The van der Waals surface area contributed by atoms with Gasteiger partial charge in [0.2, 0.25) is 0 Å². The summed E-state index contributed by atoms with van der Waals surface area (Å²) in [6.07, 6.45) is 3.61. The van der Waals surface area contributed by atoms with E-state index in [0.29, 0.717) is 6.04 Å². The fourth-order valence-electron chi connectivity index (χ4n) is 2.41. The average molecular weight is 245 g/mol. The zero-order valence-electron chi connectivity index (χ0n) is 11.6. The number of fused-ring (bicyclic) bond motifs is 1. The molecule has 98 valence electrons. The monoisotopic (exact) mass is 245 g/mol. The molecule has 1 aromatic carbocycles. The number of rotatable bonds is 6. The number of nitrogens with one attached hydrogen (secondary N) is 1. The Kier molecular flexibility index (Phi) is 4.43. The van der Waals surface area contributed by atoms with Gasteiger partial charge in [-0.2, -0.15) is 0 Å². The highest BCUT2D eigenvalue weighted by Gasteiger charge is 2.14. The number of benzene rings is 1. The molecule has 2 rings (SSSR count). The molecular weight excluding hydrogens is 222 g/mol. The first-order valence-electron chi connectivity index (χ1n) is 6.99. The number of hydrogen-bond acceptors (Lipinski definition) is 2. The summed E-state index contributed by atoms with van der Waals surface area (Å²) in [5.74, 6) is 1.03. The summed E-state index contributed by atoms with van der Waals surface area (Å²) in [6.45, 7) is 6.64. The van der Waals surface area contributed by atoms with Crippen LogP contribution in [0.2, 0.25) is 0 Å². The van der Waals surface area contributed by atoms with E-state index in [-0.39, 0.29) is 6.04 Å². The number of hydrogen-bond donors (Lipinski definition) is 1. The Labute approximate surface area is 109 Å². The number of furan rings is 1. The summed E-state index contributed by atoms with van der Waals surface area (Å²) < 4.78 is 5.89. The van der Waals surface area contributed by atoms with Crippen molar-refractivity contribution >= 4 is 11.0 Å². The first kappa shape index (κ1) is 13.2. The van der Waals surface area contributed by atoms with Gasteiger partial charge in [0, 0.05) is 11.4 Å². The Bertz CT molecular complexity index is 456. The van der Waals surface area contributed by atoms with E-state index in [1.807, 2.05) is 18.2 Å². The van der Waals surface area contributed by atoms with Gasteiger partial charge >= 0.3 is 0 Å². The summed E-state index contributed by atoms with van der Waals surface area (Å²) >= 11 is 0. The number of para-hydroxylation sites is 1. The molecule has 1 N–H and O–H groups in total. The molecule has 0 saturated heterocycles. The van der Waals surface area contributed by atoms with Gasteiger partial charge in [0.05, 0.1) is 6.04 Å². The lowest BCUT2D eigenvalue weighted by Gasteiger charge is -2.20. The van der Waals surface area contributed by atoms with Gasteiger partial charge in [-0.1, -0.05) is 38.5 Å². The molecule has 18 heavy (non-hydrogen) atoms. The Morgan fingerprint density at radius 3 is 2.67 bits per heavy atom. The van der Waals surface area contributed by atoms with Crippen molar-refractivity contribution in [3.63, 3.8) is 0 Å². The van der Waals surface area contributed by atoms with Crippen LogP contribution in [0.1, 0.15) is 51.8 Å². The lowest BCUT2D eigenvalue weighted by Crippen LogP contribution is -2.30. The zero-order chi connectivity index (χ0) is 13.0. The van der Waals surface area contributed by atoms with Crippen LogP contribution in [0.25, 0.3) is 11.0 Å². The highest BCUT2D eigenvalue weighted by molar-refractivity contribution is 5.77. The van der Waals surface area contributed by atoms with E-state index < -0.39 is 0 Å². The Hall–Kier alpha value is -1.28. The molecule has 2 nitrogen and oxygen atoms in total. The topological polar surface area (TPSA) is 25.2 Å². The predicted molar refractivity (Wildman–Crippen MR) is 76.8 cm³/mol. The van der Waals surface area contributed by atoms with Crippen molar-refractivity contribution in [3.05, 3.63) is 36.1 Å². The average Bonchev–Trinajstić information content (AvgIpc) is 2.82. The smallest absolute Gasteiger partial charge is 0.134 e. The van der Waals surface area contributed by atoms with Crippen LogP contribution in [-0.2, 0) is 0 Å². The largest absolute Gasteiger partial charge is 0.459 e. The molecule has 0 amide bonds. The lowest BCUT2D eigenvalue weighted by molar-refractivity contribution is 0.376. The zero-order valence-corrected chi connectivity index (χ0v) is 11.6. The minimum absolute atomic E-state index is 0.272. The van der Waals surface area contributed by atoms with Crippen molar-refractivity contribution in [1.82, 2.24) is 5.32 Å². The summed E-state index contributed by atoms with van der Waals surface area (Å²) in [6, 6.07) is 11.2. The molecule has 0 bridgehead atoms. The van der Waals surface area contributed by atoms with Gasteiger partial charge in [-0.3, -0.25) is 0 Å². The second kappa shape index (κ2) is 6.05. The first-order valence-corrected chi connectivity index (χ1v) is 6.99. The molecule has 0 aliphatic carbocycles. The van der Waals surface area contributed by atoms with E-state index in [4.69, 9.17) is 4.42 Å². The standard InChI is InChI=1S/C16H23NO/c1-4-8-14(5-2)17-12(3)16-11-13-9-6-7-10-15(13)18-16/h6-7,9-12,14,17H,4-5,8H2,1-3H3. The quantitative estimate of drug-likeness (QED) is 0.800. The molecule has 2 heteroatoms. The first-order chi connectivity index (χ1) is 8.74. The molecule has 0 saturated carbocycles. The Morgan fingerprint density at radius 1 is 1.22 bits per heavy atom. The summed E-state index contributed by atoms with van der Waals surface area (Å²) in [4.78, 5) is 0. The van der Waals surface area contributed by atoms with E-state index in [2.05, 4.69) is 38.2 Å². The molecule has 1 aromatic heterocycles. The molecule has 2 atom stereocenters. The maximum Gasteiger partial charge on any atom is 0.134 e. The second-order valence-corrected chi connectivity index (χ2v) is 4.97. The molecule has 0 fully saturated rings. The lowest BCUT2D eigenvalue weighted by atomic mass is 10.1. The maximum atomic E-state index is 5.89. The molecule has 0 aliphatic rings. The van der Waals surface area contributed by atoms with E-state index >= 15 is 0 Å². The van der Waals surface area contributed by atoms with Crippen molar-refractivity contribution in [2.75, 3.05) is 0 Å².